The topological polar surface area (TPSA) is 46.5 Å². The van der Waals surface area contributed by atoms with Crippen molar-refractivity contribution in [1.29, 1.82) is 0 Å². The van der Waals surface area contributed by atoms with Crippen LogP contribution in [-0.4, -0.2) is 24.3 Å². The average Bonchev–Trinajstić information content (AvgIpc) is 2.60. The molecule has 0 spiro atoms. The van der Waals surface area contributed by atoms with E-state index < -0.39 is 0 Å². The molecule has 3 nitrogen and oxygen atoms in total. The second-order valence-corrected chi connectivity index (χ2v) is 6.80. The molecule has 0 heterocycles. The molecular weight excluding hydrogens is 324 g/mol. The van der Waals surface area contributed by atoms with E-state index >= 15 is 0 Å². The molecule has 1 N–H and O–H groups in total. The molecule has 0 saturated carbocycles. The molecular formula is C23H28O3. The quantitative estimate of drug-likeness (QED) is 0.560. The van der Waals surface area contributed by atoms with Gasteiger partial charge in [-0.2, -0.15) is 0 Å². The third-order valence-corrected chi connectivity index (χ3v) is 4.42. The summed E-state index contributed by atoms with van der Waals surface area (Å²) in [6, 6.07) is 12.9. The number of hydrogen-bond donors (Lipinski definition) is 1. The Labute approximate surface area is 156 Å². The molecule has 2 aromatic carbocycles. The maximum atomic E-state index is 11.6. The predicted octanol–water partition coefficient (Wildman–Crippen LogP) is 4.56. The van der Waals surface area contributed by atoms with Crippen LogP contribution in [0, 0.1) is 13.8 Å². The Bertz CT molecular complexity index is 790. The van der Waals surface area contributed by atoms with Gasteiger partial charge in [-0.25, -0.2) is 4.79 Å². The Kier molecular flexibility index (Phi) is 7.16. The number of aryl methyl sites for hydroxylation is 3. The third-order valence-electron chi connectivity index (χ3n) is 4.42. The van der Waals surface area contributed by atoms with E-state index in [9.17, 15) is 4.79 Å². The number of ether oxygens (including phenoxy) is 1. The van der Waals surface area contributed by atoms with Crippen LogP contribution in [0.4, 0.5) is 0 Å². The summed E-state index contributed by atoms with van der Waals surface area (Å²) in [5, 5.41) is 9.08. The number of hydrogen-bond acceptors (Lipinski definition) is 3. The molecule has 0 unspecified atom stereocenters. The van der Waals surface area contributed by atoms with Crippen molar-refractivity contribution < 1.29 is 14.6 Å². The Balaban J connectivity index is 2.30. The monoisotopic (exact) mass is 352 g/mol. The zero-order valence-electron chi connectivity index (χ0n) is 16.0. The van der Waals surface area contributed by atoms with E-state index in [0.29, 0.717) is 18.6 Å². The number of benzene rings is 2. The highest BCUT2D eigenvalue weighted by molar-refractivity contribution is 5.86. The summed E-state index contributed by atoms with van der Waals surface area (Å²) in [6.45, 7) is 9.99. The van der Waals surface area contributed by atoms with Crippen LogP contribution in [0.1, 0.15) is 35.6 Å². The maximum Gasteiger partial charge on any atom is 0.333 e. The van der Waals surface area contributed by atoms with Crippen LogP contribution < -0.4 is 0 Å². The van der Waals surface area contributed by atoms with Crippen LogP contribution in [-0.2, 0) is 22.4 Å². The van der Waals surface area contributed by atoms with Crippen molar-refractivity contribution in [3.8, 4) is 11.1 Å². The van der Waals surface area contributed by atoms with Crippen LogP contribution >= 0.6 is 0 Å². The van der Waals surface area contributed by atoms with Gasteiger partial charge in [-0.3, -0.25) is 0 Å². The summed E-state index contributed by atoms with van der Waals surface area (Å²) in [5.74, 6) is -0.352. The van der Waals surface area contributed by atoms with Crippen molar-refractivity contribution in [2.45, 2.75) is 40.0 Å². The Morgan fingerprint density at radius 3 is 2.46 bits per heavy atom. The molecule has 0 bridgehead atoms. The first-order valence-corrected chi connectivity index (χ1v) is 9.05. The van der Waals surface area contributed by atoms with E-state index in [2.05, 4.69) is 56.8 Å². The van der Waals surface area contributed by atoms with E-state index in [-0.39, 0.29) is 12.6 Å². The lowest BCUT2D eigenvalue weighted by molar-refractivity contribution is -0.138. The zero-order valence-corrected chi connectivity index (χ0v) is 16.0. The number of carbonyl (C=O) groups excluding carboxylic acids is 1. The van der Waals surface area contributed by atoms with Gasteiger partial charge in [0.1, 0.15) is 0 Å². The Morgan fingerprint density at radius 2 is 1.81 bits per heavy atom. The van der Waals surface area contributed by atoms with Crippen LogP contribution in [0.2, 0.25) is 0 Å². The minimum atomic E-state index is -0.352. The molecule has 0 aliphatic heterocycles. The van der Waals surface area contributed by atoms with Crippen molar-refractivity contribution in [3.05, 3.63) is 70.8 Å². The highest BCUT2D eigenvalue weighted by Gasteiger charge is 2.11. The summed E-state index contributed by atoms with van der Waals surface area (Å²) in [6.07, 6.45) is 2.23. The normalized spacial score (nSPS) is 10.6. The Morgan fingerprint density at radius 1 is 1.08 bits per heavy atom. The number of aliphatic hydroxyl groups excluding tert-OH is 1. The van der Waals surface area contributed by atoms with Crippen molar-refractivity contribution in [2.24, 2.45) is 0 Å². The maximum absolute atomic E-state index is 11.6. The molecule has 0 fully saturated rings. The fourth-order valence-electron chi connectivity index (χ4n) is 3.05. The highest BCUT2D eigenvalue weighted by atomic mass is 16.5. The van der Waals surface area contributed by atoms with E-state index in [0.717, 1.165) is 18.4 Å². The van der Waals surface area contributed by atoms with Crippen LogP contribution in [0.3, 0.4) is 0 Å². The predicted molar refractivity (Wildman–Crippen MR) is 106 cm³/mol. The van der Waals surface area contributed by atoms with Gasteiger partial charge in [0.15, 0.2) is 0 Å². The van der Waals surface area contributed by atoms with Gasteiger partial charge in [0.25, 0.3) is 0 Å². The largest absolute Gasteiger partial charge is 0.462 e. The standard InChI is InChI=1S/C23H28O3/c1-16(2)23(25)26-13-11-20-15-19(6-5-12-24)8-10-22(20)21-9-7-17(3)14-18(21)4/h7-10,14-15,24H,1,5-6,11-13H2,2-4H3. The molecule has 2 rings (SSSR count). The number of carbonyl (C=O) groups is 1. The first-order valence-electron chi connectivity index (χ1n) is 9.05. The second-order valence-electron chi connectivity index (χ2n) is 6.80. The van der Waals surface area contributed by atoms with Crippen molar-refractivity contribution in [3.63, 3.8) is 0 Å². The van der Waals surface area contributed by atoms with Gasteiger partial charge in [0.2, 0.25) is 0 Å². The van der Waals surface area contributed by atoms with Crippen molar-refractivity contribution >= 4 is 5.97 Å². The number of rotatable bonds is 8. The molecule has 0 amide bonds. The lowest BCUT2D eigenvalue weighted by Crippen LogP contribution is -2.09. The summed E-state index contributed by atoms with van der Waals surface area (Å²) < 4.78 is 5.29. The fraction of sp³-hybridized carbons (Fsp3) is 0.348. The van der Waals surface area contributed by atoms with Crippen LogP contribution in [0.15, 0.2) is 48.6 Å². The molecule has 0 aromatic heterocycles. The minimum absolute atomic E-state index is 0.185. The molecule has 0 aliphatic carbocycles. The molecule has 0 saturated heterocycles. The summed E-state index contributed by atoms with van der Waals surface area (Å²) >= 11 is 0. The number of aliphatic hydroxyl groups is 1. The second kappa shape index (κ2) is 9.35. The number of esters is 1. The molecule has 0 atom stereocenters. The summed E-state index contributed by atoms with van der Waals surface area (Å²) in [5.41, 5.74) is 7.59. The van der Waals surface area contributed by atoms with E-state index in [4.69, 9.17) is 9.84 Å². The van der Waals surface area contributed by atoms with Gasteiger partial charge in [-0.1, -0.05) is 48.5 Å². The highest BCUT2D eigenvalue weighted by Crippen LogP contribution is 2.29. The molecule has 3 heteroatoms. The van der Waals surface area contributed by atoms with E-state index in [1.54, 1.807) is 6.92 Å². The van der Waals surface area contributed by atoms with Gasteiger partial charge in [-0.15, -0.1) is 0 Å². The fourth-order valence-corrected chi connectivity index (χ4v) is 3.05. The lowest BCUT2D eigenvalue weighted by Gasteiger charge is -2.15. The van der Waals surface area contributed by atoms with Gasteiger partial charge in [-0.05, 0) is 61.4 Å². The summed E-state index contributed by atoms with van der Waals surface area (Å²) in [4.78, 5) is 11.6. The minimum Gasteiger partial charge on any atom is -0.462 e. The Hall–Kier alpha value is -2.39. The van der Waals surface area contributed by atoms with Crippen molar-refractivity contribution in [2.75, 3.05) is 13.2 Å². The molecule has 26 heavy (non-hydrogen) atoms. The van der Waals surface area contributed by atoms with Crippen LogP contribution in [0.25, 0.3) is 11.1 Å². The molecule has 2 aromatic rings. The summed E-state index contributed by atoms with van der Waals surface area (Å²) in [7, 11) is 0. The van der Waals surface area contributed by atoms with Gasteiger partial charge < -0.3 is 9.84 Å². The third kappa shape index (κ3) is 5.30. The van der Waals surface area contributed by atoms with Crippen molar-refractivity contribution in [1.82, 2.24) is 0 Å². The average molecular weight is 352 g/mol. The first kappa shape index (κ1) is 19.9. The SMILES string of the molecule is C=C(C)C(=O)OCCc1cc(CCCO)ccc1-c1ccc(C)cc1C. The van der Waals surface area contributed by atoms with Gasteiger partial charge in [0, 0.05) is 18.6 Å². The van der Waals surface area contributed by atoms with Crippen LogP contribution in [0.5, 0.6) is 0 Å². The smallest absolute Gasteiger partial charge is 0.333 e. The molecule has 138 valence electrons. The molecule has 0 radical (unpaired) electrons. The van der Waals surface area contributed by atoms with E-state index in [1.807, 2.05) is 0 Å². The van der Waals surface area contributed by atoms with Gasteiger partial charge in [0.05, 0.1) is 6.61 Å². The first-order chi connectivity index (χ1) is 12.4. The lowest BCUT2D eigenvalue weighted by atomic mass is 9.91. The zero-order chi connectivity index (χ0) is 19.1. The van der Waals surface area contributed by atoms with Gasteiger partial charge >= 0.3 is 5.97 Å². The molecule has 0 aliphatic rings. The van der Waals surface area contributed by atoms with E-state index in [1.165, 1.54) is 27.8 Å².